The van der Waals surface area contributed by atoms with Gasteiger partial charge in [0.2, 0.25) is 0 Å². The zero-order valence-electron chi connectivity index (χ0n) is 13.8. The smallest absolute Gasteiger partial charge is 0.326 e. The van der Waals surface area contributed by atoms with Gasteiger partial charge in [0.15, 0.2) is 11.2 Å². The van der Waals surface area contributed by atoms with Gasteiger partial charge in [-0.3, -0.25) is 13.9 Å². The molecule has 2 N–H and O–H groups in total. The number of nitrogens with two attached hydrogens (primary N) is 1. The molecule has 2 aromatic rings. The van der Waals surface area contributed by atoms with E-state index in [9.17, 15) is 9.59 Å². The number of imidazole rings is 1. The molecule has 2 heterocycles. The summed E-state index contributed by atoms with van der Waals surface area (Å²) >= 11 is 0. The second kappa shape index (κ2) is 6.48. The highest BCUT2D eigenvalue weighted by Crippen LogP contribution is 2.12. The Bertz CT molecular complexity index is 784. The van der Waals surface area contributed by atoms with Gasteiger partial charge in [-0.25, -0.2) is 9.78 Å². The summed E-state index contributed by atoms with van der Waals surface area (Å²) in [6, 6.07) is -0.211. The van der Waals surface area contributed by atoms with Crippen molar-refractivity contribution < 1.29 is 0 Å². The van der Waals surface area contributed by atoms with E-state index in [0.29, 0.717) is 37.1 Å². The third kappa shape index (κ3) is 2.49. The highest BCUT2D eigenvalue weighted by atomic mass is 16.2. The molecule has 0 aliphatic rings. The molecule has 7 heteroatoms. The van der Waals surface area contributed by atoms with Gasteiger partial charge in [-0.15, -0.1) is 0 Å². The van der Waals surface area contributed by atoms with Gasteiger partial charge in [0.25, 0.3) is 5.56 Å². The van der Waals surface area contributed by atoms with Crippen LogP contribution in [0, 0.1) is 0 Å². The molecule has 0 fully saturated rings. The molecular weight excluding hydrogens is 282 g/mol. The Kier molecular flexibility index (Phi) is 4.85. The van der Waals surface area contributed by atoms with Crippen molar-refractivity contribution in [3.63, 3.8) is 0 Å². The fourth-order valence-corrected chi connectivity index (χ4v) is 2.76. The maximum Gasteiger partial charge on any atom is 0.332 e. The summed E-state index contributed by atoms with van der Waals surface area (Å²) in [5.74, 6) is 0.828. The lowest BCUT2D eigenvalue weighted by atomic mass is 10.2. The second-order valence-corrected chi connectivity index (χ2v) is 5.41. The Morgan fingerprint density at radius 3 is 2.18 bits per heavy atom. The van der Waals surface area contributed by atoms with Crippen LogP contribution in [0.5, 0.6) is 0 Å². The van der Waals surface area contributed by atoms with Crippen LogP contribution in [0.25, 0.3) is 11.2 Å². The minimum Gasteiger partial charge on any atom is -0.326 e. The quantitative estimate of drug-likeness (QED) is 0.851. The van der Waals surface area contributed by atoms with Gasteiger partial charge < -0.3 is 10.3 Å². The standard InChI is InChI=1S/C15H25N5O2/c1-5-10(16)9-20-14(21)12-13(19(8-4)15(20)22)17-11(6-2)18(12)7-3/h10H,5-9,16H2,1-4H3. The molecule has 2 aromatic heterocycles. The molecule has 1 unspecified atom stereocenters. The average molecular weight is 307 g/mol. The van der Waals surface area contributed by atoms with E-state index in [-0.39, 0.29) is 23.8 Å². The molecule has 0 aliphatic carbocycles. The molecule has 2 rings (SSSR count). The number of nitrogens with zero attached hydrogens (tertiary/aromatic N) is 4. The maximum absolute atomic E-state index is 12.8. The predicted molar refractivity (Wildman–Crippen MR) is 87.2 cm³/mol. The summed E-state index contributed by atoms with van der Waals surface area (Å²) < 4.78 is 4.72. The summed E-state index contributed by atoms with van der Waals surface area (Å²) in [6.45, 7) is 9.15. The van der Waals surface area contributed by atoms with Crippen LogP contribution >= 0.6 is 0 Å². The van der Waals surface area contributed by atoms with Crippen molar-refractivity contribution >= 4 is 11.2 Å². The zero-order chi connectivity index (χ0) is 16.4. The lowest BCUT2D eigenvalue weighted by Gasteiger charge is -2.14. The van der Waals surface area contributed by atoms with Crippen LogP contribution in [-0.4, -0.2) is 24.7 Å². The molecular formula is C15H25N5O2. The van der Waals surface area contributed by atoms with E-state index in [1.165, 1.54) is 4.57 Å². The van der Waals surface area contributed by atoms with Crippen molar-refractivity contribution in [2.45, 2.75) is 66.2 Å². The predicted octanol–water partition coefficient (Wildman–Crippen LogP) is 0.699. The van der Waals surface area contributed by atoms with Crippen LogP contribution in [0.4, 0.5) is 0 Å². The average Bonchev–Trinajstić information content (AvgIpc) is 2.90. The Morgan fingerprint density at radius 1 is 1.05 bits per heavy atom. The highest BCUT2D eigenvalue weighted by molar-refractivity contribution is 5.71. The molecule has 0 aliphatic heterocycles. The molecule has 0 bridgehead atoms. The summed E-state index contributed by atoms with van der Waals surface area (Å²) in [4.78, 5) is 29.9. The molecule has 7 nitrogen and oxygen atoms in total. The number of hydrogen-bond acceptors (Lipinski definition) is 4. The van der Waals surface area contributed by atoms with E-state index >= 15 is 0 Å². The summed E-state index contributed by atoms with van der Waals surface area (Å²) in [7, 11) is 0. The third-order valence-electron chi connectivity index (χ3n) is 4.08. The van der Waals surface area contributed by atoms with Crippen molar-refractivity contribution in [2.75, 3.05) is 0 Å². The Hall–Kier alpha value is -1.89. The first-order valence-electron chi connectivity index (χ1n) is 7.98. The van der Waals surface area contributed by atoms with Crippen molar-refractivity contribution in [2.24, 2.45) is 5.73 Å². The first-order valence-corrected chi connectivity index (χ1v) is 7.98. The molecule has 22 heavy (non-hydrogen) atoms. The monoisotopic (exact) mass is 307 g/mol. The van der Waals surface area contributed by atoms with E-state index in [4.69, 9.17) is 5.73 Å². The fraction of sp³-hybridized carbons (Fsp3) is 0.667. The molecule has 0 saturated heterocycles. The van der Waals surface area contributed by atoms with Gasteiger partial charge in [-0.2, -0.15) is 0 Å². The molecule has 0 saturated carbocycles. The zero-order valence-corrected chi connectivity index (χ0v) is 13.8. The molecule has 1 atom stereocenters. The number of fused-ring (bicyclic) bond motifs is 1. The molecule has 0 radical (unpaired) electrons. The van der Waals surface area contributed by atoms with Gasteiger partial charge in [-0.1, -0.05) is 13.8 Å². The largest absolute Gasteiger partial charge is 0.332 e. The normalized spacial score (nSPS) is 13.0. The first kappa shape index (κ1) is 16.5. The van der Waals surface area contributed by atoms with Crippen molar-refractivity contribution in [1.82, 2.24) is 18.7 Å². The second-order valence-electron chi connectivity index (χ2n) is 5.41. The van der Waals surface area contributed by atoms with Gasteiger partial charge in [0.05, 0.1) is 0 Å². The number of rotatable bonds is 6. The van der Waals surface area contributed by atoms with Crippen LogP contribution in [0.15, 0.2) is 9.59 Å². The fourth-order valence-electron chi connectivity index (χ4n) is 2.76. The number of aromatic nitrogens is 4. The minimum absolute atomic E-state index is 0.211. The Morgan fingerprint density at radius 2 is 1.68 bits per heavy atom. The molecule has 0 aromatic carbocycles. The SMILES string of the molecule is CCc1nc2c(c(=O)n(CC(N)CC)c(=O)n2CC)n1CC. The summed E-state index contributed by atoms with van der Waals surface area (Å²) in [5.41, 5.74) is 6.32. The lowest BCUT2D eigenvalue weighted by molar-refractivity contribution is 0.493. The Balaban J connectivity index is 2.88. The molecule has 122 valence electrons. The topological polar surface area (TPSA) is 87.8 Å². The van der Waals surface area contributed by atoms with Gasteiger partial charge >= 0.3 is 5.69 Å². The van der Waals surface area contributed by atoms with E-state index < -0.39 is 0 Å². The van der Waals surface area contributed by atoms with Crippen LogP contribution < -0.4 is 17.0 Å². The van der Waals surface area contributed by atoms with Crippen LogP contribution in [0.1, 0.15) is 39.9 Å². The highest BCUT2D eigenvalue weighted by Gasteiger charge is 2.20. The Labute approximate surface area is 129 Å². The van der Waals surface area contributed by atoms with Crippen LogP contribution in [0.3, 0.4) is 0 Å². The van der Waals surface area contributed by atoms with E-state index in [1.807, 2.05) is 32.3 Å². The number of hydrogen-bond donors (Lipinski definition) is 1. The van der Waals surface area contributed by atoms with E-state index in [0.717, 1.165) is 5.82 Å². The summed E-state index contributed by atoms with van der Waals surface area (Å²) in [5, 5.41) is 0. The third-order valence-corrected chi connectivity index (χ3v) is 4.08. The lowest BCUT2D eigenvalue weighted by Crippen LogP contribution is -2.44. The van der Waals surface area contributed by atoms with Crippen molar-refractivity contribution in [1.29, 1.82) is 0 Å². The molecule has 0 spiro atoms. The minimum atomic E-state index is -0.327. The van der Waals surface area contributed by atoms with Crippen LogP contribution in [-0.2, 0) is 26.1 Å². The van der Waals surface area contributed by atoms with E-state index in [2.05, 4.69) is 4.98 Å². The van der Waals surface area contributed by atoms with Gasteiger partial charge in [0, 0.05) is 32.1 Å². The van der Waals surface area contributed by atoms with Crippen molar-refractivity contribution in [3.8, 4) is 0 Å². The van der Waals surface area contributed by atoms with Gasteiger partial charge in [0.1, 0.15) is 5.82 Å². The first-order chi connectivity index (χ1) is 10.5. The molecule has 0 amide bonds. The van der Waals surface area contributed by atoms with E-state index in [1.54, 1.807) is 4.57 Å². The summed E-state index contributed by atoms with van der Waals surface area (Å²) in [6.07, 6.45) is 1.43. The van der Waals surface area contributed by atoms with Crippen molar-refractivity contribution in [3.05, 3.63) is 26.7 Å². The number of aryl methyl sites for hydroxylation is 3. The van der Waals surface area contributed by atoms with Crippen LogP contribution in [0.2, 0.25) is 0 Å². The van der Waals surface area contributed by atoms with Gasteiger partial charge in [-0.05, 0) is 20.3 Å². The maximum atomic E-state index is 12.8.